The maximum atomic E-state index is 13.8. The van der Waals surface area contributed by atoms with Gasteiger partial charge in [0.05, 0.1) is 11.0 Å². The van der Waals surface area contributed by atoms with E-state index in [2.05, 4.69) is 25.5 Å². The number of anilines is 1. The van der Waals surface area contributed by atoms with Crippen LogP contribution >= 0.6 is 0 Å². The number of hydrogen-bond acceptors (Lipinski definition) is 5. The van der Waals surface area contributed by atoms with Crippen LogP contribution < -0.4 is 14.8 Å². The van der Waals surface area contributed by atoms with E-state index in [1.807, 2.05) is 12.1 Å². The van der Waals surface area contributed by atoms with Crippen molar-refractivity contribution in [2.45, 2.75) is 57.0 Å². The van der Waals surface area contributed by atoms with Crippen LogP contribution in [0.15, 0.2) is 60.7 Å². The number of aliphatic hydroxyl groups is 1. The van der Waals surface area contributed by atoms with Gasteiger partial charge in [0.15, 0.2) is 11.6 Å². The number of likely N-dealkylation sites (tertiary alicyclic amines) is 1. The molecule has 1 aliphatic carbocycles. The lowest BCUT2D eigenvalue weighted by molar-refractivity contribution is -0.0268. The van der Waals surface area contributed by atoms with Crippen LogP contribution in [0.4, 0.5) is 19.3 Å². The van der Waals surface area contributed by atoms with Gasteiger partial charge in [0.2, 0.25) is 6.29 Å². The zero-order valence-corrected chi connectivity index (χ0v) is 23.1. The highest BCUT2D eigenvalue weighted by Crippen LogP contribution is 2.46. The Hall–Kier alpha value is -3.98. The highest BCUT2D eigenvalue weighted by atomic mass is 19.2. The van der Waals surface area contributed by atoms with Gasteiger partial charge in [-0.05, 0) is 67.9 Å². The molecular formula is C32H33F2N2O5. The summed E-state index contributed by atoms with van der Waals surface area (Å²) in [5.74, 6) is -0.550. The average Bonchev–Trinajstić information content (AvgIpc) is 3.72. The molecule has 0 spiro atoms. The molecule has 1 saturated heterocycles. The molecule has 0 bridgehead atoms. The van der Waals surface area contributed by atoms with Gasteiger partial charge in [-0.2, -0.15) is 0 Å². The Morgan fingerprint density at radius 2 is 1.51 bits per heavy atom. The SMILES string of the molecule is CC(C)CC1(O)CCN(C(=O)Nc2cc(Oc3ccc(C4([C]=O)CC4)cc3)cc(Oc3ccc(F)c(F)c3)c2)CC1. The molecule has 2 fully saturated rings. The van der Waals surface area contributed by atoms with Crippen molar-refractivity contribution in [2.75, 3.05) is 18.4 Å². The molecular weight excluding hydrogens is 530 g/mol. The van der Waals surface area contributed by atoms with Crippen LogP contribution in [0.3, 0.4) is 0 Å². The molecule has 1 aliphatic heterocycles. The highest BCUT2D eigenvalue weighted by molar-refractivity contribution is 5.90. The fraction of sp³-hybridized carbons (Fsp3) is 0.375. The summed E-state index contributed by atoms with van der Waals surface area (Å²) in [5.41, 5.74) is -0.0439. The molecule has 215 valence electrons. The molecule has 2 aliphatic rings. The zero-order valence-electron chi connectivity index (χ0n) is 23.1. The monoisotopic (exact) mass is 563 g/mol. The minimum absolute atomic E-state index is 0.0722. The number of nitrogens with zero attached hydrogens (tertiary/aromatic N) is 1. The predicted octanol–water partition coefficient (Wildman–Crippen LogP) is 7.10. The molecule has 3 aromatic rings. The fourth-order valence-electron chi connectivity index (χ4n) is 5.28. The second-order valence-electron chi connectivity index (χ2n) is 11.4. The van der Waals surface area contributed by atoms with E-state index in [4.69, 9.17) is 9.47 Å². The van der Waals surface area contributed by atoms with Gasteiger partial charge in [0.1, 0.15) is 23.0 Å². The fourth-order valence-corrected chi connectivity index (χ4v) is 5.28. The first-order valence-corrected chi connectivity index (χ1v) is 13.8. The van der Waals surface area contributed by atoms with Crippen molar-refractivity contribution in [3.05, 3.63) is 77.9 Å². The molecule has 0 unspecified atom stereocenters. The molecule has 3 aromatic carbocycles. The number of ether oxygens (including phenoxy) is 2. The van der Waals surface area contributed by atoms with E-state index in [-0.39, 0.29) is 17.5 Å². The minimum atomic E-state index is -1.05. The normalized spacial score (nSPS) is 17.2. The van der Waals surface area contributed by atoms with Gasteiger partial charge in [-0.1, -0.05) is 26.0 Å². The van der Waals surface area contributed by atoms with Crippen LogP contribution in [0, 0.1) is 17.6 Å². The number of urea groups is 1. The maximum Gasteiger partial charge on any atom is 0.321 e. The second-order valence-corrected chi connectivity index (χ2v) is 11.4. The number of hydrogen-bond donors (Lipinski definition) is 2. The van der Waals surface area contributed by atoms with Crippen LogP contribution in [-0.2, 0) is 10.2 Å². The molecule has 7 nitrogen and oxygen atoms in total. The summed E-state index contributed by atoms with van der Waals surface area (Å²) < 4.78 is 39.0. The summed E-state index contributed by atoms with van der Waals surface area (Å²) in [7, 11) is 0. The molecule has 5 rings (SSSR count). The summed E-state index contributed by atoms with van der Waals surface area (Å²) in [4.78, 5) is 26.1. The molecule has 1 radical (unpaired) electrons. The third-order valence-electron chi connectivity index (χ3n) is 7.62. The number of carbonyl (C=O) groups excluding carboxylic acids is 2. The summed E-state index contributed by atoms with van der Waals surface area (Å²) >= 11 is 0. The van der Waals surface area contributed by atoms with Crippen LogP contribution in [0.25, 0.3) is 0 Å². The van der Waals surface area contributed by atoms with Crippen LogP contribution in [0.1, 0.15) is 51.5 Å². The topological polar surface area (TPSA) is 88.1 Å². The quantitative estimate of drug-likeness (QED) is 0.290. The van der Waals surface area contributed by atoms with Gasteiger partial charge in [0.25, 0.3) is 0 Å². The Balaban J connectivity index is 1.34. The van der Waals surface area contributed by atoms with Crippen molar-refractivity contribution in [3.63, 3.8) is 0 Å². The lowest BCUT2D eigenvalue weighted by Gasteiger charge is -2.39. The lowest BCUT2D eigenvalue weighted by atomic mass is 9.84. The number of piperidine rings is 1. The van der Waals surface area contributed by atoms with Gasteiger partial charge in [-0.3, -0.25) is 4.79 Å². The highest BCUT2D eigenvalue weighted by Gasteiger charge is 2.45. The van der Waals surface area contributed by atoms with Gasteiger partial charge in [-0.15, -0.1) is 0 Å². The van der Waals surface area contributed by atoms with E-state index in [1.165, 1.54) is 6.07 Å². The summed E-state index contributed by atoms with van der Waals surface area (Å²) in [5, 5.41) is 13.7. The summed E-state index contributed by atoms with van der Waals surface area (Å²) in [6, 6.07) is 14.8. The molecule has 1 heterocycles. The summed E-state index contributed by atoms with van der Waals surface area (Å²) in [6.07, 6.45) is 5.34. The number of carbonyl (C=O) groups is 1. The Morgan fingerprint density at radius 3 is 2.07 bits per heavy atom. The van der Waals surface area contributed by atoms with Crippen LogP contribution in [0.2, 0.25) is 0 Å². The molecule has 41 heavy (non-hydrogen) atoms. The van der Waals surface area contributed by atoms with Gasteiger partial charge < -0.3 is 24.8 Å². The van der Waals surface area contributed by atoms with Crippen molar-refractivity contribution in [3.8, 4) is 23.0 Å². The number of benzene rings is 3. The first-order chi connectivity index (χ1) is 19.6. The van der Waals surface area contributed by atoms with Gasteiger partial charge in [0, 0.05) is 43.0 Å². The zero-order chi connectivity index (χ0) is 29.2. The van der Waals surface area contributed by atoms with E-state index >= 15 is 0 Å². The molecule has 9 heteroatoms. The Bertz CT molecular complexity index is 1410. The van der Waals surface area contributed by atoms with E-state index in [1.54, 1.807) is 35.2 Å². The van der Waals surface area contributed by atoms with Crippen molar-refractivity contribution < 1.29 is 33.0 Å². The van der Waals surface area contributed by atoms with Gasteiger partial charge >= 0.3 is 6.03 Å². The molecule has 0 aromatic heterocycles. The first-order valence-electron chi connectivity index (χ1n) is 13.8. The van der Waals surface area contributed by atoms with E-state index in [0.717, 1.165) is 30.5 Å². The van der Waals surface area contributed by atoms with Crippen LogP contribution in [-0.4, -0.2) is 41.0 Å². The van der Waals surface area contributed by atoms with Crippen molar-refractivity contribution in [1.82, 2.24) is 4.90 Å². The first kappa shape index (κ1) is 28.5. The molecule has 0 atom stereocenters. The van der Waals surface area contributed by atoms with Gasteiger partial charge in [-0.25, -0.2) is 13.6 Å². The van der Waals surface area contributed by atoms with Crippen LogP contribution in [0.5, 0.6) is 23.0 Å². The number of nitrogens with one attached hydrogen (secondary N) is 1. The third kappa shape index (κ3) is 6.85. The maximum absolute atomic E-state index is 13.8. The number of amides is 2. The number of rotatable bonds is 9. The molecule has 1 saturated carbocycles. The smallest absolute Gasteiger partial charge is 0.321 e. The Morgan fingerprint density at radius 1 is 0.902 bits per heavy atom. The second kappa shape index (κ2) is 11.5. The van der Waals surface area contributed by atoms with E-state index in [0.29, 0.717) is 55.5 Å². The standard InChI is InChI=1S/C32H33F2N2O5/c1-21(2)19-32(39)11-13-36(14-12-32)30(38)35-23-15-26(17-27(16-23)41-25-7-8-28(33)29(34)18-25)40-24-5-3-22(4-6-24)31(20-37)9-10-31/h3-8,15-18,21,39H,9-14,19H2,1-2H3,(H,35,38). The summed E-state index contributed by atoms with van der Waals surface area (Å²) in [6.45, 7) is 4.95. The van der Waals surface area contributed by atoms with E-state index in [9.17, 15) is 23.5 Å². The van der Waals surface area contributed by atoms with Crippen molar-refractivity contribution in [1.29, 1.82) is 0 Å². The molecule has 2 N–H and O–H groups in total. The largest absolute Gasteiger partial charge is 0.457 e. The van der Waals surface area contributed by atoms with Crippen molar-refractivity contribution >= 4 is 18.0 Å². The van der Waals surface area contributed by atoms with E-state index < -0.39 is 22.7 Å². The third-order valence-corrected chi connectivity index (χ3v) is 7.62. The predicted molar refractivity (Wildman–Crippen MR) is 150 cm³/mol. The average molecular weight is 564 g/mol. The Kier molecular flexibility index (Phi) is 8.00. The molecule has 2 amide bonds. The van der Waals surface area contributed by atoms with Crippen molar-refractivity contribution in [2.24, 2.45) is 5.92 Å². The lowest BCUT2D eigenvalue weighted by Crippen LogP contribution is -2.48. The minimum Gasteiger partial charge on any atom is -0.457 e. The Labute approximate surface area is 238 Å². The number of halogens is 2.